The van der Waals surface area contributed by atoms with E-state index in [0.717, 1.165) is 47.1 Å². The van der Waals surface area contributed by atoms with Crippen molar-refractivity contribution in [2.24, 2.45) is 0 Å². The third-order valence-electron chi connectivity index (χ3n) is 8.70. The minimum absolute atomic E-state index is 0.0683. The summed E-state index contributed by atoms with van der Waals surface area (Å²) in [4.78, 5) is 33.2. The lowest BCUT2D eigenvalue weighted by Crippen LogP contribution is -2.55. The number of benzene rings is 2. The van der Waals surface area contributed by atoms with Gasteiger partial charge in [-0.2, -0.15) is 5.26 Å². The van der Waals surface area contributed by atoms with E-state index in [4.69, 9.17) is 26.6 Å². The fraction of sp³-hybridized carbons (Fsp3) is 0.364. The Kier molecular flexibility index (Phi) is 8.24. The fourth-order valence-electron chi connectivity index (χ4n) is 6.46. The zero-order valence-electron chi connectivity index (χ0n) is 24.1. The van der Waals surface area contributed by atoms with Crippen LogP contribution in [0.1, 0.15) is 31.5 Å². The van der Waals surface area contributed by atoms with Crippen molar-refractivity contribution in [1.29, 1.82) is 5.26 Å². The van der Waals surface area contributed by atoms with E-state index in [-0.39, 0.29) is 13.0 Å². The maximum Gasteiger partial charge on any atom is 0.282 e. The van der Waals surface area contributed by atoms with Gasteiger partial charge in [0.1, 0.15) is 11.3 Å². The second kappa shape index (κ2) is 12.2. The number of aryl methyl sites for hydroxylation is 1. The number of likely N-dealkylation sites (tertiary alicyclic amines) is 1. The molecule has 0 saturated carbocycles. The average molecular weight is 598 g/mol. The Labute approximate surface area is 255 Å². The van der Waals surface area contributed by atoms with Crippen LogP contribution in [-0.2, 0) is 11.2 Å². The predicted molar refractivity (Wildman–Crippen MR) is 167 cm³/mol. The first kappa shape index (κ1) is 29.0. The number of fused-ring (bicyclic) bond motifs is 2. The van der Waals surface area contributed by atoms with E-state index in [1.807, 2.05) is 53.6 Å². The Morgan fingerprint density at radius 3 is 2.72 bits per heavy atom. The van der Waals surface area contributed by atoms with E-state index in [2.05, 4.69) is 24.6 Å². The van der Waals surface area contributed by atoms with Crippen LogP contribution in [0.2, 0.25) is 5.02 Å². The number of rotatable bonds is 7. The summed E-state index contributed by atoms with van der Waals surface area (Å²) in [7, 11) is 2.16. The van der Waals surface area contributed by atoms with E-state index >= 15 is 0 Å². The highest BCUT2D eigenvalue weighted by molar-refractivity contribution is 6.36. The van der Waals surface area contributed by atoms with Crippen LogP contribution in [0.15, 0.2) is 61.1 Å². The van der Waals surface area contributed by atoms with Crippen molar-refractivity contribution in [3.05, 3.63) is 71.9 Å². The molecule has 6 rings (SSSR count). The largest absolute Gasteiger partial charge is 0.351 e. The van der Waals surface area contributed by atoms with Gasteiger partial charge in [-0.15, -0.1) is 0 Å². The van der Waals surface area contributed by atoms with Crippen LogP contribution < -0.4 is 4.90 Å². The lowest BCUT2D eigenvalue weighted by Gasteiger charge is -2.41. The Morgan fingerprint density at radius 2 is 1.98 bits per heavy atom. The minimum Gasteiger partial charge on any atom is -0.351 e. The molecule has 2 aliphatic rings. The Morgan fingerprint density at radius 1 is 1.16 bits per heavy atom. The molecule has 0 N–H and O–H groups in total. The van der Waals surface area contributed by atoms with Crippen LogP contribution in [0.4, 0.5) is 10.2 Å². The lowest BCUT2D eigenvalue weighted by atomic mass is 9.99. The number of carbonyl (C=O) groups is 1. The molecule has 0 spiro atoms. The van der Waals surface area contributed by atoms with Crippen molar-refractivity contribution in [2.45, 2.75) is 44.2 Å². The number of carbonyl (C=O) groups excluding carboxylic acids is 1. The highest BCUT2D eigenvalue weighted by atomic mass is 35.5. The molecule has 2 fully saturated rings. The maximum absolute atomic E-state index is 13.8. The molecule has 2 saturated heterocycles. The first-order valence-electron chi connectivity index (χ1n) is 14.7. The standard InChI is InChI=1S/C33H33ClFN7O/c1-21(35)33(43)42-17-16-41(20-25(42)13-14-36)32-31-28(38-29(39-32)12-11-24-8-5-15-40(24)2)18-23(19-37-31)26-9-3-6-22-7-4-10-27(34)30(22)26/h3-4,6-7,9-10,18-19,24-25H,1,5,8,11-13,15-17,20H2,2H3/t24-,25?/m0/s1. The number of amides is 1. The zero-order chi connectivity index (χ0) is 30.1. The molecule has 2 atom stereocenters. The molecule has 4 heterocycles. The van der Waals surface area contributed by atoms with Crippen molar-refractivity contribution in [1.82, 2.24) is 24.8 Å². The predicted octanol–water partition coefficient (Wildman–Crippen LogP) is 5.94. The van der Waals surface area contributed by atoms with Crippen LogP contribution in [0.5, 0.6) is 0 Å². The van der Waals surface area contributed by atoms with Crippen molar-refractivity contribution in [3.63, 3.8) is 0 Å². The number of piperazine rings is 1. The van der Waals surface area contributed by atoms with Crippen molar-refractivity contribution < 1.29 is 9.18 Å². The maximum atomic E-state index is 13.8. The molecule has 1 unspecified atom stereocenters. The first-order chi connectivity index (χ1) is 20.8. The molecular weight excluding hydrogens is 565 g/mol. The number of halogens is 2. The number of aromatic nitrogens is 3. The minimum atomic E-state index is -1.02. The third-order valence-corrected chi connectivity index (χ3v) is 9.02. The number of hydrogen-bond donors (Lipinski definition) is 0. The Hall–Kier alpha value is -4.13. The number of hydrogen-bond acceptors (Lipinski definition) is 7. The SMILES string of the molecule is C=C(F)C(=O)N1CCN(c2nc(CC[C@@H]3CCCN3C)nc3cc(-c4cccc5cccc(Cl)c45)cnc23)CC1CC#N. The first-order valence-corrected chi connectivity index (χ1v) is 15.0. The quantitative estimate of drug-likeness (QED) is 0.244. The van der Waals surface area contributed by atoms with Gasteiger partial charge in [0.15, 0.2) is 11.6 Å². The van der Waals surface area contributed by atoms with Gasteiger partial charge in [-0.25, -0.2) is 14.4 Å². The summed E-state index contributed by atoms with van der Waals surface area (Å²) < 4.78 is 13.8. The molecule has 2 aromatic carbocycles. The van der Waals surface area contributed by atoms with Crippen molar-refractivity contribution in [2.75, 3.05) is 38.1 Å². The summed E-state index contributed by atoms with van der Waals surface area (Å²) in [5, 5.41) is 12.2. The number of anilines is 1. The Bertz CT molecular complexity index is 1750. The highest BCUT2D eigenvalue weighted by Gasteiger charge is 2.33. The molecule has 2 aromatic heterocycles. The summed E-state index contributed by atoms with van der Waals surface area (Å²) in [6.07, 6.45) is 5.91. The van der Waals surface area contributed by atoms with Gasteiger partial charge in [-0.1, -0.05) is 48.5 Å². The summed E-state index contributed by atoms with van der Waals surface area (Å²) in [6, 6.07) is 16.1. The van der Waals surface area contributed by atoms with Gasteiger partial charge in [-0.05, 0) is 55.9 Å². The highest BCUT2D eigenvalue weighted by Crippen LogP contribution is 2.35. The monoisotopic (exact) mass is 597 g/mol. The lowest BCUT2D eigenvalue weighted by molar-refractivity contribution is -0.131. The molecule has 1 amide bonds. The van der Waals surface area contributed by atoms with Crippen molar-refractivity contribution in [3.8, 4) is 17.2 Å². The van der Waals surface area contributed by atoms with Gasteiger partial charge in [0.25, 0.3) is 5.91 Å². The summed E-state index contributed by atoms with van der Waals surface area (Å²) in [5.41, 5.74) is 3.23. The normalized spacial score (nSPS) is 19.2. The fourth-order valence-corrected chi connectivity index (χ4v) is 6.74. The third kappa shape index (κ3) is 5.77. The summed E-state index contributed by atoms with van der Waals surface area (Å²) >= 11 is 6.65. The van der Waals surface area contributed by atoms with Crippen LogP contribution in [0.3, 0.4) is 0 Å². The molecule has 4 aromatic rings. The van der Waals surface area contributed by atoms with Gasteiger partial charge in [0.2, 0.25) is 0 Å². The second-order valence-electron chi connectivity index (χ2n) is 11.4. The van der Waals surface area contributed by atoms with E-state index in [9.17, 15) is 14.4 Å². The molecule has 2 aliphatic heterocycles. The number of nitrogens with zero attached hydrogens (tertiary/aromatic N) is 7. The summed E-state index contributed by atoms with van der Waals surface area (Å²) in [5.74, 6) is -0.405. The topological polar surface area (TPSA) is 89.2 Å². The van der Waals surface area contributed by atoms with Gasteiger partial charge in [-0.3, -0.25) is 9.78 Å². The molecular formula is C33H33ClFN7O. The van der Waals surface area contributed by atoms with Gasteiger partial charge < -0.3 is 14.7 Å². The van der Waals surface area contributed by atoms with Crippen LogP contribution in [0, 0.1) is 11.3 Å². The van der Waals surface area contributed by atoms with Gasteiger partial charge in [0.05, 0.1) is 24.0 Å². The molecule has 220 valence electrons. The molecule has 10 heteroatoms. The average Bonchev–Trinajstić information content (AvgIpc) is 3.43. The molecule has 8 nitrogen and oxygen atoms in total. The van der Waals surface area contributed by atoms with Crippen molar-refractivity contribution >= 4 is 45.1 Å². The summed E-state index contributed by atoms with van der Waals surface area (Å²) in [6.45, 7) is 5.26. The van der Waals surface area contributed by atoms with E-state index < -0.39 is 17.8 Å². The number of pyridine rings is 1. The van der Waals surface area contributed by atoms with E-state index in [1.165, 1.54) is 11.3 Å². The van der Waals surface area contributed by atoms with E-state index in [1.54, 1.807) is 0 Å². The van der Waals surface area contributed by atoms with Crippen LogP contribution >= 0.6 is 11.6 Å². The zero-order valence-corrected chi connectivity index (χ0v) is 24.9. The number of nitriles is 1. The molecule has 0 bridgehead atoms. The molecule has 0 radical (unpaired) electrons. The Balaban J connectivity index is 1.41. The van der Waals surface area contributed by atoms with Gasteiger partial charge in [0, 0.05) is 54.3 Å². The molecule has 0 aliphatic carbocycles. The second-order valence-corrected chi connectivity index (χ2v) is 11.8. The van der Waals surface area contributed by atoms with Gasteiger partial charge >= 0.3 is 0 Å². The van der Waals surface area contributed by atoms with E-state index in [0.29, 0.717) is 47.4 Å². The van der Waals surface area contributed by atoms with Crippen LogP contribution in [-0.4, -0.2) is 76.0 Å². The smallest absolute Gasteiger partial charge is 0.282 e. The molecule has 43 heavy (non-hydrogen) atoms. The van der Waals surface area contributed by atoms with Crippen LogP contribution in [0.25, 0.3) is 32.9 Å².